The van der Waals surface area contributed by atoms with Crippen molar-refractivity contribution in [2.75, 3.05) is 13.1 Å². The first-order valence-corrected chi connectivity index (χ1v) is 4.61. The Morgan fingerprint density at radius 2 is 2.08 bits per heavy atom. The molecule has 1 aliphatic rings. The van der Waals surface area contributed by atoms with Gasteiger partial charge >= 0.3 is 0 Å². The van der Waals surface area contributed by atoms with E-state index in [0.717, 1.165) is 19.5 Å². The summed E-state index contributed by atoms with van der Waals surface area (Å²) in [5.41, 5.74) is 0. The molecule has 1 nitrogen and oxygen atoms in total. The minimum Gasteiger partial charge on any atom is -0.301 e. The lowest BCUT2D eigenvalue weighted by Crippen LogP contribution is -2.28. The number of alkyl halides is 2. The number of halogens is 2. The highest BCUT2D eigenvalue weighted by molar-refractivity contribution is 4.77. The summed E-state index contributed by atoms with van der Waals surface area (Å²) in [6, 6.07) is 0.507. The van der Waals surface area contributed by atoms with Crippen LogP contribution in [0.4, 0.5) is 8.78 Å². The van der Waals surface area contributed by atoms with Gasteiger partial charge in [0, 0.05) is 19.0 Å². The largest absolute Gasteiger partial charge is 0.301 e. The maximum atomic E-state index is 12.0. The SMILES string of the molecule is CC(C)N1CC[C@H](CC(F)F)C1. The predicted molar refractivity (Wildman–Crippen MR) is 45.4 cm³/mol. The Bertz CT molecular complexity index is 136. The Kier molecular flexibility index (Phi) is 3.44. The van der Waals surface area contributed by atoms with Gasteiger partial charge in [-0.1, -0.05) is 0 Å². The lowest BCUT2D eigenvalue weighted by Gasteiger charge is -2.20. The normalized spacial score (nSPS) is 26.0. The molecule has 1 heterocycles. The summed E-state index contributed by atoms with van der Waals surface area (Å²) in [6.45, 7) is 6.09. The minimum absolute atomic E-state index is 0.0865. The van der Waals surface area contributed by atoms with Crippen LogP contribution in [-0.2, 0) is 0 Å². The molecule has 1 aliphatic heterocycles. The summed E-state index contributed by atoms with van der Waals surface area (Å²) >= 11 is 0. The van der Waals surface area contributed by atoms with Crippen LogP contribution < -0.4 is 0 Å². The Balaban J connectivity index is 2.26. The van der Waals surface area contributed by atoms with Gasteiger partial charge in [-0.15, -0.1) is 0 Å². The Morgan fingerprint density at radius 3 is 2.50 bits per heavy atom. The number of likely N-dealkylation sites (tertiary alicyclic amines) is 1. The molecule has 1 atom stereocenters. The van der Waals surface area contributed by atoms with Gasteiger partial charge in [-0.3, -0.25) is 0 Å². The average Bonchev–Trinajstić information content (AvgIpc) is 2.34. The van der Waals surface area contributed by atoms with Crippen molar-refractivity contribution >= 4 is 0 Å². The molecule has 0 aromatic heterocycles. The highest BCUT2D eigenvalue weighted by atomic mass is 19.3. The molecule has 1 rings (SSSR count). The molecule has 12 heavy (non-hydrogen) atoms. The van der Waals surface area contributed by atoms with E-state index >= 15 is 0 Å². The first-order chi connectivity index (χ1) is 5.59. The van der Waals surface area contributed by atoms with Gasteiger partial charge in [0.2, 0.25) is 6.43 Å². The fourth-order valence-corrected chi connectivity index (χ4v) is 1.78. The zero-order valence-corrected chi connectivity index (χ0v) is 7.76. The van der Waals surface area contributed by atoms with Crippen LogP contribution in [0.1, 0.15) is 26.7 Å². The van der Waals surface area contributed by atoms with Crippen molar-refractivity contribution in [3.8, 4) is 0 Å². The first kappa shape index (κ1) is 9.90. The molecule has 0 unspecified atom stereocenters. The zero-order chi connectivity index (χ0) is 9.14. The lowest BCUT2D eigenvalue weighted by atomic mass is 10.1. The van der Waals surface area contributed by atoms with Gasteiger partial charge in [0.1, 0.15) is 0 Å². The van der Waals surface area contributed by atoms with E-state index in [1.54, 1.807) is 0 Å². The molecule has 0 saturated carbocycles. The van der Waals surface area contributed by atoms with Crippen molar-refractivity contribution in [1.29, 1.82) is 0 Å². The molecule has 0 aromatic rings. The van der Waals surface area contributed by atoms with Crippen LogP contribution in [-0.4, -0.2) is 30.5 Å². The molecule has 0 bridgehead atoms. The van der Waals surface area contributed by atoms with Crippen molar-refractivity contribution in [3.05, 3.63) is 0 Å². The molecular weight excluding hydrogens is 160 g/mol. The van der Waals surface area contributed by atoms with E-state index in [0.29, 0.717) is 6.04 Å². The van der Waals surface area contributed by atoms with Crippen molar-refractivity contribution in [2.45, 2.75) is 39.2 Å². The van der Waals surface area contributed by atoms with Gasteiger partial charge in [0.05, 0.1) is 0 Å². The Hall–Kier alpha value is -0.180. The lowest BCUT2D eigenvalue weighted by molar-refractivity contribution is 0.114. The number of hydrogen-bond donors (Lipinski definition) is 0. The van der Waals surface area contributed by atoms with Crippen LogP contribution in [0.5, 0.6) is 0 Å². The van der Waals surface area contributed by atoms with Gasteiger partial charge in [0.15, 0.2) is 0 Å². The summed E-state index contributed by atoms with van der Waals surface area (Å²) in [4.78, 5) is 2.27. The van der Waals surface area contributed by atoms with Crippen LogP contribution in [0.15, 0.2) is 0 Å². The van der Waals surface area contributed by atoms with E-state index in [1.165, 1.54) is 0 Å². The molecule has 0 N–H and O–H groups in total. The molecule has 0 radical (unpaired) electrons. The standard InChI is InChI=1S/C9H17F2N/c1-7(2)12-4-3-8(6-12)5-9(10)11/h7-9H,3-6H2,1-2H3/t8-/m1/s1. The van der Waals surface area contributed by atoms with Crippen molar-refractivity contribution < 1.29 is 8.78 Å². The van der Waals surface area contributed by atoms with Crippen molar-refractivity contribution in [2.24, 2.45) is 5.92 Å². The fraction of sp³-hybridized carbons (Fsp3) is 1.00. The topological polar surface area (TPSA) is 3.24 Å². The summed E-state index contributed by atoms with van der Waals surface area (Å²) in [5.74, 6) is 0.229. The second-order valence-electron chi connectivity index (χ2n) is 3.87. The van der Waals surface area contributed by atoms with E-state index in [9.17, 15) is 8.78 Å². The third-order valence-corrected chi connectivity index (χ3v) is 2.56. The third kappa shape index (κ3) is 2.70. The number of hydrogen-bond acceptors (Lipinski definition) is 1. The molecule has 3 heteroatoms. The molecule has 1 saturated heterocycles. The third-order valence-electron chi connectivity index (χ3n) is 2.56. The van der Waals surface area contributed by atoms with E-state index in [1.807, 2.05) is 0 Å². The minimum atomic E-state index is -2.12. The van der Waals surface area contributed by atoms with Crippen LogP contribution >= 0.6 is 0 Å². The molecule has 0 aliphatic carbocycles. The molecule has 1 fully saturated rings. The summed E-state index contributed by atoms with van der Waals surface area (Å²) in [5, 5.41) is 0. The highest BCUT2D eigenvalue weighted by Gasteiger charge is 2.26. The molecule has 72 valence electrons. The summed E-state index contributed by atoms with van der Waals surface area (Å²) in [6.07, 6.45) is -1.09. The van der Waals surface area contributed by atoms with Crippen LogP contribution in [0.3, 0.4) is 0 Å². The monoisotopic (exact) mass is 177 g/mol. The maximum Gasteiger partial charge on any atom is 0.238 e. The van der Waals surface area contributed by atoms with Gasteiger partial charge in [-0.25, -0.2) is 8.78 Å². The van der Waals surface area contributed by atoms with Crippen LogP contribution in [0, 0.1) is 5.92 Å². The smallest absolute Gasteiger partial charge is 0.238 e. The average molecular weight is 177 g/mol. The predicted octanol–water partition coefficient (Wildman–Crippen LogP) is 2.37. The molecule has 0 spiro atoms. The second kappa shape index (κ2) is 4.17. The van der Waals surface area contributed by atoms with Gasteiger partial charge in [-0.2, -0.15) is 0 Å². The molecular formula is C9H17F2N. The van der Waals surface area contributed by atoms with E-state index in [-0.39, 0.29) is 12.3 Å². The molecule has 0 aromatic carbocycles. The highest BCUT2D eigenvalue weighted by Crippen LogP contribution is 2.23. The fourth-order valence-electron chi connectivity index (χ4n) is 1.78. The summed E-state index contributed by atoms with van der Waals surface area (Å²) in [7, 11) is 0. The zero-order valence-electron chi connectivity index (χ0n) is 7.76. The van der Waals surface area contributed by atoms with E-state index < -0.39 is 6.43 Å². The quantitative estimate of drug-likeness (QED) is 0.639. The van der Waals surface area contributed by atoms with Gasteiger partial charge in [-0.05, 0) is 32.7 Å². The molecule has 0 amide bonds. The van der Waals surface area contributed by atoms with E-state index in [4.69, 9.17) is 0 Å². The van der Waals surface area contributed by atoms with Crippen molar-refractivity contribution in [3.63, 3.8) is 0 Å². The Morgan fingerprint density at radius 1 is 1.42 bits per heavy atom. The first-order valence-electron chi connectivity index (χ1n) is 4.61. The Labute approximate surface area is 72.7 Å². The summed E-state index contributed by atoms with van der Waals surface area (Å²) < 4.78 is 24.0. The van der Waals surface area contributed by atoms with Gasteiger partial charge in [0.25, 0.3) is 0 Å². The van der Waals surface area contributed by atoms with E-state index in [2.05, 4.69) is 18.7 Å². The van der Waals surface area contributed by atoms with Crippen LogP contribution in [0.25, 0.3) is 0 Å². The van der Waals surface area contributed by atoms with Crippen molar-refractivity contribution in [1.82, 2.24) is 4.90 Å². The van der Waals surface area contributed by atoms with Gasteiger partial charge < -0.3 is 4.90 Å². The number of rotatable bonds is 3. The maximum absolute atomic E-state index is 12.0. The second-order valence-corrected chi connectivity index (χ2v) is 3.87. The number of nitrogens with zero attached hydrogens (tertiary/aromatic N) is 1. The van der Waals surface area contributed by atoms with Crippen LogP contribution in [0.2, 0.25) is 0 Å².